The number of aromatic nitrogens is 1. The third-order valence-electron chi connectivity index (χ3n) is 3.71. The lowest BCUT2D eigenvalue weighted by atomic mass is 10.0. The summed E-state index contributed by atoms with van der Waals surface area (Å²) in [6.07, 6.45) is 27.1. The van der Waals surface area contributed by atoms with E-state index in [4.69, 9.17) is 4.99 Å². The number of nitrogens with zero attached hydrogens (tertiary/aromatic N) is 2. The first kappa shape index (κ1) is 18.1. The Labute approximate surface area is 159 Å². The summed E-state index contributed by atoms with van der Waals surface area (Å²) < 4.78 is 0. The van der Waals surface area contributed by atoms with Crippen LogP contribution in [0.1, 0.15) is 5.69 Å². The highest BCUT2D eigenvalue weighted by atomic mass is 14.8. The summed E-state index contributed by atoms with van der Waals surface area (Å²) >= 11 is 0. The fraction of sp³-hybridized carbons (Fsp3) is 0. The van der Waals surface area contributed by atoms with Crippen molar-refractivity contribution in [3.05, 3.63) is 133 Å². The van der Waals surface area contributed by atoms with Crippen LogP contribution < -0.4 is 0 Å². The predicted octanol–water partition coefficient (Wildman–Crippen LogP) is 5.58. The molecule has 132 valence electrons. The minimum Gasteiger partial charge on any atom is -0.360 e. The Hall–Kier alpha value is -3.72. The molecule has 3 heteroatoms. The van der Waals surface area contributed by atoms with Crippen molar-refractivity contribution < 1.29 is 0 Å². The third-order valence-corrected chi connectivity index (χ3v) is 3.71. The minimum atomic E-state index is 0.811. The van der Waals surface area contributed by atoms with Crippen molar-refractivity contribution in [3.63, 3.8) is 0 Å². The summed E-state index contributed by atoms with van der Waals surface area (Å²) in [4.78, 5) is 12.7. The summed E-state index contributed by atoms with van der Waals surface area (Å²) in [5.74, 6) is 0. The molecule has 1 aromatic rings. The molecular formula is C24H21N3. The summed E-state index contributed by atoms with van der Waals surface area (Å²) in [5, 5.41) is 0. The normalized spacial score (nSPS) is 25.7. The van der Waals surface area contributed by atoms with Gasteiger partial charge >= 0.3 is 0 Å². The van der Waals surface area contributed by atoms with Gasteiger partial charge in [0.15, 0.2) is 0 Å². The fourth-order valence-corrected chi connectivity index (χ4v) is 2.46. The Balaban J connectivity index is 2.24. The Morgan fingerprint density at radius 3 is 2.37 bits per heavy atom. The molecule has 1 aromatic heterocycles. The van der Waals surface area contributed by atoms with E-state index in [1.165, 1.54) is 0 Å². The number of hydrogen-bond acceptors (Lipinski definition) is 2. The molecule has 0 atom stereocenters. The summed E-state index contributed by atoms with van der Waals surface area (Å²) in [6.45, 7) is 0. The van der Waals surface area contributed by atoms with E-state index in [9.17, 15) is 0 Å². The SMILES string of the molecule is C1=NC(=C2\C=C/C=C\C=C/N=C2c2ccccccc[nH]2)/C=C\C=C/C=C\1. The molecule has 1 N–H and O–H groups in total. The maximum Gasteiger partial charge on any atom is 0.0958 e. The molecule has 0 radical (unpaired) electrons. The van der Waals surface area contributed by atoms with E-state index in [2.05, 4.69) is 9.98 Å². The van der Waals surface area contributed by atoms with Gasteiger partial charge in [-0.1, -0.05) is 72.9 Å². The molecule has 3 nitrogen and oxygen atoms in total. The zero-order valence-electron chi connectivity index (χ0n) is 14.9. The van der Waals surface area contributed by atoms with Crippen LogP contribution in [0, 0.1) is 0 Å². The van der Waals surface area contributed by atoms with Crippen LogP contribution in [0.3, 0.4) is 0 Å². The molecule has 0 unspecified atom stereocenters. The molecule has 0 aliphatic carbocycles. The molecule has 3 rings (SSSR count). The van der Waals surface area contributed by atoms with Crippen LogP contribution in [-0.4, -0.2) is 16.9 Å². The first-order valence-electron chi connectivity index (χ1n) is 8.78. The fourth-order valence-electron chi connectivity index (χ4n) is 2.46. The van der Waals surface area contributed by atoms with E-state index in [1.807, 2.05) is 109 Å². The van der Waals surface area contributed by atoms with Gasteiger partial charge in [-0.3, -0.25) is 9.98 Å². The van der Waals surface area contributed by atoms with Gasteiger partial charge in [0.1, 0.15) is 0 Å². The predicted molar refractivity (Wildman–Crippen MR) is 115 cm³/mol. The van der Waals surface area contributed by atoms with Crippen molar-refractivity contribution in [2.75, 3.05) is 0 Å². The van der Waals surface area contributed by atoms with Crippen LogP contribution in [0.4, 0.5) is 0 Å². The van der Waals surface area contributed by atoms with Gasteiger partial charge in [-0.2, -0.15) is 0 Å². The van der Waals surface area contributed by atoms with Gasteiger partial charge in [0.05, 0.1) is 17.1 Å². The van der Waals surface area contributed by atoms with Gasteiger partial charge < -0.3 is 4.98 Å². The number of allylic oxidation sites excluding steroid dienone is 12. The monoisotopic (exact) mass is 351 g/mol. The van der Waals surface area contributed by atoms with Crippen LogP contribution in [0.2, 0.25) is 0 Å². The minimum absolute atomic E-state index is 0.811. The molecule has 2 aliphatic heterocycles. The Bertz CT molecular complexity index is 924. The van der Waals surface area contributed by atoms with Crippen molar-refractivity contribution >= 4 is 11.9 Å². The standard InChI is InChI=1S/C24H21N3/c1-3-10-16-22(25-18-12-6-1)21-15-9-5-8-14-20-27-24(21)23-17-11-4-2-7-13-19-26-23/h1-20,26H/b3-1-,7-2?,8-5-,11-4?,12-6-,15-9-,16-10-,19-13?,20-14-,22-21+,23-17?,25-18?,27-24?. The number of hydrogen-bond donors (Lipinski definition) is 1. The second-order valence-electron chi connectivity index (χ2n) is 5.62. The maximum absolute atomic E-state index is 4.72. The van der Waals surface area contributed by atoms with Crippen LogP contribution in [0.5, 0.6) is 0 Å². The second kappa shape index (κ2) is 10.3. The first-order chi connectivity index (χ1) is 13.4. The Morgan fingerprint density at radius 1 is 0.667 bits per heavy atom. The molecule has 0 amide bonds. The van der Waals surface area contributed by atoms with Crippen molar-refractivity contribution in [3.8, 4) is 0 Å². The van der Waals surface area contributed by atoms with Crippen LogP contribution >= 0.6 is 0 Å². The molecule has 2 aliphatic rings. The number of aliphatic imine (C=N–C) groups is 2. The van der Waals surface area contributed by atoms with Crippen molar-refractivity contribution in [2.45, 2.75) is 0 Å². The molecule has 27 heavy (non-hydrogen) atoms. The number of nitrogens with one attached hydrogen (secondary N) is 1. The van der Waals surface area contributed by atoms with Gasteiger partial charge in [-0.15, -0.1) is 0 Å². The number of aromatic amines is 1. The Kier molecular flexibility index (Phi) is 6.91. The van der Waals surface area contributed by atoms with Crippen LogP contribution in [0.25, 0.3) is 0 Å². The van der Waals surface area contributed by atoms with Gasteiger partial charge in [-0.05, 0) is 30.4 Å². The molecular weight excluding hydrogens is 330 g/mol. The van der Waals surface area contributed by atoms with Gasteiger partial charge in [0.25, 0.3) is 0 Å². The van der Waals surface area contributed by atoms with Crippen molar-refractivity contribution in [1.82, 2.24) is 4.98 Å². The van der Waals surface area contributed by atoms with Crippen molar-refractivity contribution in [1.29, 1.82) is 0 Å². The lowest BCUT2D eigenvalue weighted by Gasteiger charge is -2.09. The number of H-pyrrole nitrogens is 1. The molecule has 0 aromatic carbocycles. The molecule has 0 saturated carbocycles. The third kappa shape index (κ3) is 5.65. The zero-order chi connectivity index (χ0) is 18.6. The molecule has 3 heterocycles. The topological polar surface area (TPSA) is 40.5 Å². The molecule has 0 spiro atoms. The number of rotatable bonds is 1. The average molecular weight is 351 g/mol. The van der Waals surface area contributed by atoms with Crippen LogP contribution in [-0.2, 0) is 0 Å². The first-order valence-corrected chi connectivity index (χ1v) is 8.78. The van der Waals surface area contributed by atoms with Gasteiger partial charge in [0, 0.05) is 24.2 Å². The second-order valence-corrected chi connectivity index (χ2v) is 5.62. The summed E-state index contributed by atoms with van der Waals surface area (Å²) in [6, 6.07) is 11.9. The van der Waals surface area contributed by atoms with E-state index in [1.54, 1.807) is 12.4 Å². The van der Waals surface area contributed by atoms with E-state index in [-0.39, 0.29) is 0 Å². The van der Waals surface area contributed by atoms with E-state index >= 15 is 0 Å². The Morgan fingerprint density at radius 2 is 1.41 bits per heavy atom. The van der Waals surface area contributed by atoms with Crippen LogP contribution in [0.15, 0.2) is 137 Å². The zero-order valence-corrected chi connectivity index (χ0v) is 14.9. The molecule has 0 bridgehead atoms. The maximum atomic E-state index is 4.72. The average Bonchev–Trinajstić information content (AvgIpc) is 2.97. The van der Waals surface area contributed by atoms with E-state index in [0.29, 0.717) is 0 Å². The lowest BCUT2D eigenvalue weighted by molar-refractivity contribution is 1.29. The summed E-state index contributed by atoms with van der Waals surface area (Å²) in [7, 11) is 0. The quantitative estimate of drug-likeness (QED) is 0.687. The smallest absolute Gasteiger partial charge is 0.0958 e. The summed E-state index contributed by atoms with van der Waals surface area (Å²) in [5.41, 5.74) is 3.46. The van der Waals surface area contributed by atoms with Gasteiger partial charge in [-0.25, -0.2) is 0 Å². The highest BCUT2D eigenvalue weighted by Gasteiger charge is 2.11. The lowest BCUT2D eigenvalue weighted by Crippen LogP contribution is -2.07. The highest BCUT2D eigenvalue weighted by Crippen LogP contribution is 2.18. The van der Waals surface area contributed by atoms with E-state index < -0.39 is 0 Å². The van der Waals surface area contributed by atoms with Crippen molar-refractivity contribution in [2.24, 2.45) is 9.98 Å². The largest absolute Gasteiger partial charge is 0.360 e. The van der Waals surface area contributed by atoms with Gasteiger partial charge in [0.2, 0.25) is 0 Å². The molecule has 0 saturated heterocycles. The molecule has 0 fully saturated rings. The van der Waals surface area contributed by atoms with E-state index in [0.717, 1.165) is 22.7 Å². The highest BCUT2D eigenvalue weighted by molar-refractivity contribution is 6.14.